The van der Waals surface area contributed by atoms with E-state index in [1.165, 1.54) is 5.56 Å². The van der Waals surface area contributed by atoms with Crippen LogP contribution in [0, 0.1) is 26.7 Å². The van der Waals surface area contributed by atoms with E-state index in [1.807, 2.05) is 14.0 Å². The summed E-state index contributed by atoms with van der Waals surface area (Å²) in [5.41, 5.74) is 3.56. The average Bonchev–Trinajstić information content (AvgIpc) is 2.11. The van der Waals surface area contributed by atoms with E-state index < -0.39 is 0 Å². The van der Waals surface area contributed by atoms with Crippen LogP contribution in [-0.4, -0.2) is 23.6 Å². The molecule has 3 nitrogen and oxygen atoms in total. The van der Waals surface area contributed by atoms with E-state index in [4.69, 9.17) is 0 Å². The lowest BCUT2D eigenvalue weighted by atomic mass is 9.99. The van der Waals surface area contributed by atoms with Crippen molar-refractivity contribution in [1.29, 1.82) is 0 Å². The smallest absolute Gasteiger partial charge is 0.125 e. The van der Waals surface area contributed by atoms with Crippen LogP contribution in [0.15, 0.2) is 0 Å². The Kier molecular flexibility index (Phi) is 4.21. The van der Waals surface area contributed by atoms with E-state index in [9.17, 15) is 0 Å². The number of aromatic nitrogens is 2. The van der Waals surface area contributed by atoms with Gasteiger partial charge in [0.25, 0.3) is 0 Å². The highest BCUT2D eigenvalue weighted by atomic mass is 14.9. The predicted molar refractivity (Wildman–Crippen MR) is 63.0 cm³/mol. The second kappa shape index (κ2) is 5.21. The number of hydrogen-bond donors (Lipinski definition) is 1. The lowest BCUT2D eigenvalue weighted by molar-refractivity contribution is 0.536. The zero-order chi connectivity index (χ0) is 11.4. The summed E-state index contributed by atoms with van der Waals surface area (Å²) in [6.45, 7) is 9.37. The monoisotopic (exact) mass is 207 g/mol. The fourth-order valence-corrected chi connectivity index (χ4v) is 1.97. The first-order chi connectivity index (χ1) is 7.04. The highest BCUT2D eigenvalue weighted by Gasteiger charge is 2.10. The van der Waals surface area contributed by atoms with Gasteiger partial charge in [-0.3, -0.25) is 0 Å². The van der Waals surface area contributed by atoms with Crippen LogP contribution in [0.3, 0.4) is 0 Å². The zero-order valence-corrected chi connectivity index (χ0v) is 10.4. The normalized spacial score (nSPS) is 12.9. The number of aryl methyl sites for hydroxylation is 3. The molecule has 1 heterocycles. The molecule has 0 radical (unpaired) electrons. The van der Waals surface area contributed by atoms with Crippen molar-refractivity contribution in [2.75, 3.05) is 13.6 Å². The van der Waals surface area contributed by atoms with Crippen LogP contribution in [0.4, 0.5) is 0 Å². The molecule has 0 amide bonds. The quantitative estimate of drug-likeness (QED) is 0.818. The Balaban J connectivity index is 2.85. The standard InChI is InChI=1S/C12H21N3/c1-8(7-13-5)6-12-9(2)14-11(4)15-10(12)3/h8,13H,6-7H2,1-5H3. The number of nitrogens with zero attached hydrogens (tertiary/aromatic N) is 2. The van der Waals surface area contributed by atoms with Crippen LogP contribution < -0.4 is 5.32 Å². The largest absolute Gasteiger partial charge is 0.319 e. The van der Waals surface area contributed by atoms with Gasteiger partial charge in [-0.25, -0.2) is 9.97 Å². The van der Waals surface area contributed by atoms with Crippen molar-refractivity contribution in [1.82, 2.24) is 15.3 Å². The lowest BCUT2D eigenvalue weighted by Crippen LogP contribution is -2.19. The van der Waals surface area contributed by atoms with Gasteiger partial charge in [0.2, 0.25) is 0 Å². The van der Waals surface area contributed by atoms with E-state index >= 15 is 0 Å². The first kappa shape index (κ1) is 12.1. The molecule has 1 aromatic heterocycles. The summed E-state index contributed by atoms with van der Waals surface area (Å²) < 4.78 is 0. The maximum Gasteiger partial charge on any atom is 0.125 e. The molecule has 0 saturated carbocycles. The Morgan fingerprint density at radius 1 is 1.13 bits per heavy atom. The van der Waals surface area contributed by atoms with Crippen LogP contribution in [0.5, 0.6) is 0 Å². The number of nitrogens with one attached hydrogen (secondary N) is 1. The summed E-state index contributed by atoms with van der Waals surface area (Å²) >= 11 is 0. The Morgan fingerprint density at radius 2 is 1.67 bits per heavy atom. The van der Waals surface area contributed by atoms with Crippen molar-refractivity contribution in [3.63, 3.8) is 0 Å². The van der Waals surface area contributed by atoms with E-state index in [2.05, 4.69) is 36.1 Å². The van der Waals surface area contributed by atoms with E-state index in [0.29, 0.717) is 5.92 Å². The van der Waals surface area contributed by atoms with Gasteiger partial charge >= 0.3 is 0 Å². The van der Waals surface area contributed by atoms with Gasteiger partial charge in [0, 0.05) is 11.4 Å². The van der Waals surface area contributed by atoms with Gasteiger partial charge in [0.15, 0.2) is 0 Å². The van der Waals surface area contributed by atoms with E-state index in [-0.39, 0.29) is 0 Å². The van der Waals surface area contributed by atoms with Crippen molar-refractivity contribution >= 4 is 0 Å². The van der Waals surface area contributed by atoms with Crippen LogP contribution in [-0.2, 0) is 6.42 Å². The van der Waals surface area contributed by atoms with Crippen LogP contribution in [0.25, 0.3) is 0 Å². The van der Waals surface area contributed by atoms with Crippen molar-refractivity contribution in [3.8, 4) is 0 Å². The Hall–Kier alpha value is -0.960. The first-order valence-corrected chi connectivity index (χ1v) is 5.50. The molecule has 0 aliphatic rings. The van der Waals surface area contributed by atoms with Gasteiger partial charge in [-0.15, -0.1) is 0 Å². The minimum atomic E-state index is 0.624. The molecule has 84 valence electrons. The molecule has 15 heavy (non-hydrogen) atoms. The average molecular weight is 207 g/mol. The Labute approximate surface area is 92.3 Å². The molecular formula is C12H21N3. The van der Waals surface area contributed by atoms with E-state index in [0.717, 1.165) is 30.2 Å². The summed E-state index contributed by atoms with van der Waals surface area (Å²) in [6.07, 6.45) is 1.05. The van der Waals surface area contributed by atoms with Crippen LogP contribution >= 0.6 is 0 Å². The summed E-state index contributed by atoms with van der Waals surface area (Å²) in [5.74, 6) is 1.49. The third kappa shape index (κ3) is 3.27. The molecule has 1 atom stereocenters. The fourth-order valence-electron chi connectivity index (χ4n) is 1.97. The fraction of sp³-hybridized carbons (Fsp3) is 0.667. The maximum atomic E-state index is 4.42. The molecular weight excluding hydrogens is 186 g/mol. The minimum Gasteiger partial charge on any atom is -0.319 e. The lowest BCUT2D eigenvalue weighted by Gasteiger charge is -2.14. The van der Waals surface area contributed by atoms with Gasteiger partial charge in [-0.05, 0) is 52.3 Å². The van der Waals surface area contributed by atoms with Crippen molar-refractivity contribution in [2.24, 2.45) is 5.92 Å². The molecule has 0 aliphatic heterocycles. The predicted octanol–water partition coefficient (Wildman–Crippen LogP) is 1.80. The molecule has 1 N–H and O–H groups in total. The summed E-state index contributed by atoms with van der Waals surface area (Å²) in [6, 6.07) is 0. The van der Waals surface area contributed by atoms with Gasteiger partial charge < -0.3 is 5.32 Å². The molecule has 3 heteroatoms. The summed E-state index contributed by atoms with van der Waals surface area (Å²) in [7, 11) is 1.99. The summed E-state index contributed by atoms with van der Waals surface area (Å²) in [4.78, 5) is 8.83. The topological polar surface area (TPSA) is 37.8 Å². The van der Waals surface area contributed by atoms with Crippen molar-refractivity contribution < 1.29 is 0 Å². The molecule has 0 aliphatic carbocycles. The SMILES string of the molecule is CNCC(C)Cc1c(C)nc(C)nc1C. The van der Waals surface area contributed by atoms with Crippen LogP contribution in [0.1, 0.15) is 29.7 Å². The summed E-state index contributed by atoms with van der Waals surface area (Å²) in [5, 5.41) is 3.20. The van der Waals surface area contributed by atoms with Gasteiger partial charge in [-0.1, -0.05) is 6.92 Å². The highest BCUT2D eigenvalue weighted by molar-refractivity contribution is 5.24. The number of rotatable bonds is 4. The molecule has 1 rings (SSSR count). The Morgan fingerprint density at radius 3 is 2.13 bits per heavy atom. The third-order valence-corrected chi connectivity index (χ3v) is 2.64. The molecule has 0 spiro atoms. The second-order valence-electron chi connectivity index (χ2n) is 4.29. The van der Waals surface area contributed by atoms with Crippen LogP contribution in [0.2, 0.25) is 0 Å². The van der Waals surface area contributed by atoms with E-state index in [1.54, 1.807) is 0 Å². The second-order valence-corrected chi connectivity index (χ2v) is 4.29. The van der Waals surface area contributed by atoms with Gasteiger partial charge in [0.1, 0.15) is 5.82 Å². The maximum absolute atomic E-state index is 4.42. The van der Waals surface area contributed by atoms with Gasteiger partial charge in [0.05, 0.1) is 0 Å². The third-order valence-electron chi connectivity index (χ3n) is 2.64. The molecule has 1 aromatic rings. The van der Waals surface area contributed by atoms with Crippen molar-refractivity contribution in [3.05, 3.63) is 22.8 Å². The first-order valence-electron chi connectivity index (χ1n) is 5.50. The van der Waals surface area contributed by atoms with Gasteiger partial charge in [-0.2, -0.15) is 0 Å². The molecule has 0 aromatic carbocycles. The molecule has 0 saturated heterocycles. The van der Waals surface area contributed by atoms with Crippen molar-refractivity contribution in [2.45, 2.75) is 34.1 Å². The minimum absolute atomic E-state index is 0.624. The molecule has 0 fully saturated rings. The number of hydrogen-bond acceptors (Lipinski definition) is 3. The molecule has 0 bridgehead atoms. The molecule has 1 unspecified atom stereocenters. The zero-order valence-electron chi connectivity index (χ0n) is 10.4. The highest BCUT2D eigenvalue weighted by Crippen LogP contribution is 2.14. The Bertz CT molecular complexity index is 311.